The molecule has 0 unspecified atom stereocenters. The lowest BCUT2D eigenvalue weighted by Gasteiger charge is -2.28. The van der Waals surface area contributed by atoms with Crippen molar-refractivity contribution in [3.8, 4) is 0 Å². The maximum absolute atomic E-state index is 13.4. The van der Waals surface area contributed by atoms with Gasteiger partial charge < -0.3 is 4.90 Å². The van der Waals surface area contributed by atoms with Gasteiger partial charge in [-0.1, -0.05) is 48.0 Å². The third kappa shape index (κ3) is 4.60. The molecule has 0 bridgehead atoms. The van der Waals surface area contributed by atoms with Crippen LogP contribution in [0, 0.1) is 6.92 Å². The van der Waals surface area contributed by atoms with Crippen LogP contribution in [0.15, 0.2) is 83.8 Å². The summed E-state index contributed by atoms with van der Waals surface area (Å²) in [6, 6.07) is 22.1. The second kappa shape index (κ2) is 8.68. The zero-order valence-corrected chi connectivity index (χ0v) is 17.7. The highest BCUT2D eigenvalue weighted by molar-refractivity contribution is 7.92. The minimum absolute atomic E-state index is 0.115. The number of likely N-dealkylation sites (N-methyl/N-ethyl adjacent to an activating group) is 1. The number of hydrogen-bond donors (Lipinski definition) is 0. The highest BCUT2D eigenvalue weighted by atomic mass is 35.5. The van der Waals surface area contributed by atoms with Crippen molar-refractivity contribution in [3.63, 3.8) is 0 Å². The summed E-state index contributed by atoms with van der Waals surface area (Å²) in [4.78, 5) is 14.5. The lowest BCUT2D eigenvalue weighted by molar-refractivity contribution is -0.116. The zero-order valence-electron chi connectivity index (χ0n) is 16.1. The topological polar surface area (TPSA) is 57.7 Å². The number of sulfonamides is 1. The summed E-state index contributed by atoms with van der Waals surface area (Å²) < 4.78 is 27.9. The van der Waals surface area contributed by atoms with E-state index < -0.39 is 10.0 Å². The summed E-state index contributed by atoms with van der Waals surface area (Å²) in [5, 5.41) is 0.496. The van der Waals surface area contributed by atoms with Crippen LogP contribution in [0.4, 0.5) is 11.4 Å². The van der Waals surface area contributed by atoms with Crippen molar-refractivity contribution >= 4 is 38.9 Å². The summed E-state index contributed by atoms with van der Waals surface area (Å²) in [7, 11) is -2.33. The van der Waals surface area contributed by atoms with Gasteiger partial charge in [0.25, 0.3) is 10.0 Å². The number of para-hydroxylation sites is 1. The van der Waals surface area contributed by atoms with Crippen molar-refractivity contribution in [2.45, 2.75) is 11.8 Å². The Morgan fingerprint density at radius 3 is 2.10 bits per heavy atom. The first kappa shape index (κ1) is 20.9. The predicted octanol–water partition coefficient (Wildman–Crippen LogP) is 4.51. The van der Waals surface area contributed by atoms with E-state index in [9.17, 15) is 13.2 Å². The molecule has 0 atom stereocenters. The summed E-state index contributed by atoms with van der Waals surface area (Å²) in [5.41, 5.74) is 1.75. The van der Waals surface area contributed by atoms with Crippen molar-refractivity contribution in [1.29, 1.82) is 0 Å². The van der Waals surface area contributed by atoms with Gasteiger partial charge in [0.15, 0.2) is 0 Å². The Hall–Kier alpha value is -2.83. The summed E-state index contributed by atoms with van der Waals surface area (Å²) in [6.45, 7) is 1.42. The molecule has 0 saturated heterocycles. The molecule has 5 nitrogen and oxygen atoms in total. The molecule has 0 heterocycles. The van der Waals surface area contributed by atoms with E-state index in [1.54, 1.807) is 62.5 Å². The molecule has 3 aromatic rings. The van der Waals surface area contributed by atoms with E-state index in [1.165, 1.54) is 17.0 Å². The van der Waals surface area contributed by atoms with E-state index in [2.05, 4.69) is 0 Å². The fraction of sp³-hybridized carbons (Fsp3) is 0.136. The van der Waals surface area contributed by atoms with E-state index in [1.807, 2.05) is 18.2 Å². The highest BCUT2D eigenvalue weighted by Gasteiger charge is 2.29. The average molecular weight is 429 g/mol. The van der Waals surface area contributed by atoms with Crippen LogP contribution >= 0.6 is 11.6 Å². The lowest BCUT2D eigenvalue weighted by atomic mass is 10.2. The molecule has 0 aromatic heterocycles. The highest BCUT2D eigenvalue weighted by Crippen LogP contribution is 2.29. The standard InChI is InChI=1S/C22H21ClN2O3S/c1-17-15-18(23)13-14-21(17)25(29(27,28)20-11-7-4-8-12-20)16-22(26)24(2)19-9-5-3-6-10-19/h3-15H,16H2,1-2H3. The molecular formula is C22H21ClN2O3S. The van der Waals surface area contributed by atoms with Gasteiger partial charge in [0, 0.05) is 17.8 Å². The first-order valence-electron chi connectivity index (χ1n) is 8.96. The van der Waals surface area contributed by atoms with E-state index in [0.29, 0.717) is 22.0 Å². The van der Waals surface area contributed by atoms with Gasteiger partial charge in [-0.25, -0.2) is 8.42 Å². The first-order chi connectivity index (χ1) is 13.8. The Labute approximate surface area is 176 Å². The number of aryl methyl sites for hydroxylation is 1. The number of benzene rings is 3. The SMILES string of the molecule is Cc1cc(Cl)ccc1N(CC(=O)N(C)c1ccccc1)S(=O)(=O)c1ccccc1. The van der Waals surface area contributed by atoms with Gasteiger partial charge in [-0.05, 0) is 55.0 Å². The fourth-order valence-electron chi connectivity index (χ4n) is 2.94. The molecule has 150 valence electrons. The smallest absolute Gasteiger partial charge is 0.264 e. The molecule has 0 aliphatic heterocycles. The number of amides is 1. The number of anilines is 2. The average Bonchev–Trinajstić information content (AvgIpc) is 2.73. The van der Waals surface area contributed by atoms with Gasteiger partial charge in [-0.15, -0.1) is 0 Å². The Bertz CT molecular complexity index is 1100. The molecule has 0 radical (unpaired) electrons. The van der Waals surface area contributed by atoms with Crippen LogP contribution in [0.5, 0.6) is 0 Å². The van der Waals surface area contributed by atoms with Crippen LogP contribution in [0.1, 0.15) is 5.56 Å². The van der Waals surface area contributed by atoms with E-state index in [4.69, 9.17) is 11.6 Å². The summed E-state index contributed by atoms with van der Waals surface area (Å²) >= 11 is 6.05. The summed E-state index contributed by atoms with van der Waals surface area (Å²) in [5.74, 6) is -0.356. The molecule has 0 N–H and O–H groups in total. The Balaban J connectivity index is 2.03. The molecule has 3 rings (SSSR count). The van der Waals surface area contributed by atoms with Gasteiger partial charge in [-0.3, -0.25) is 9.10 Å². The number of halogens is 1. The van der Waals surface area contributed by atoms with E-state index >= 15 is 0 Å². The number of nitrogens with zero attached hydrogens (tertiary/aromatic N) is 2. The van der Waals surface area contributed by atoms with Gasteiger partial charge in [0.1, 0.15) is 6.54 Å². The second-order valence-corrected chi connectivity index (χ2v) is 8.84. The van der Waals surface area contributed by atoms with Crippen LogP contribution in [-0.4, -0.2) is 27.9 Å². The van der Waals surface area contributed by atoms with Crippen molar-refractivity contribution < 1.29 is 13.2 Å². The number of hydrogen-bond acceptors (Lipinski definition) is 3. The molecule has 0 fully saturated rings. The monoisotopic (exact) mass is 428 g/mol. The van der Waals surface area contributed by atoms with Crippen molar-refractivity contribution in [3.05, 3.63) is 89.4 Å². The quantitative estimate of drug-likeness (QED) is 0.580. The molecule has 7 heteroatoms. The largest absolute Gasteiger partial charge is 0.314 e. The first-order valence-corrected chi connectivity index (χ1v) is 10.8. The molecular weight excluding hydrogens is 408 g/mol. The van der Waals surface area contributed by atoms with Crippen LogP contribution < -0.4 is 9.21 Å². The Morgan fingerprint density at radius 1 is 0.931 bits per heavy atom. The predicted molar refractivity (Wildman–Crippen MR) is 117 cm³/mol. The number of carbonyl (C=O) groups is 1. The third-order valence-corrected chi connectivity index (χ3v) is 6.56. The van der Waals surface area contributed by atoms with Crippen molar-refractivity contribution in [2.24, 2.45) is 0 Å². The van der Waals surface area contributed by atoms with Gasteiger partial charge in [0.2, 0.25) is 5.91 Å². The molecule has 0 spiro atoms. The lowest BCUT2D eigenvalue weighted by Crippen LogP contribution is -2.42. The van der Waals surface area contributed by atoms with Crippen molar-refractivity contribution in [1.82, 2.24) is 0 Å². The summed E-state index contributed by atoms with van der Waals surface area (Å²) in [6.07, 6.45) is 0. The van der Waals surface area contributed by atoms with Crippen molar-refractivity contribution in [2.75, 3.05) is 22.8 Å². The minimum atomic E-state index is -3.96. The van der Waals surface area contributed by atoms with E-state index in [0.717, 1.165) is 4.31 Å². The second-order valence-electron chi connectivity index (χ2n) is 6.54. The van der Waals surface area contributed by atoms with Gasteiger partial charge in [-0.2, -0.15) is 0 Å². The van der Waals surface area contributed by atoms with Crippen LogP contribution in [-0.2, 0) is 14.8 Å². The van der Waals surface area contributed by atoms with Gasteiger partial charge >= 0.3 is 0 Å². The fourth-order valence-corrected chi connectivity index (χ4v) is 4.67. The zero-order chi connectivity index (χ0) is 21.0. The molecule has 0 aliphatic rings. The molecule has 0 saturated carbocycles. The maximum atomic E-state index is 13.4. The molecule has 3 aromatic carbocycles. The van der Waals surface area contributed by atoms with Crippen LogP contribution in [0.25, 0.3) is 0 Å². The molecule has 0 aliphatic carbocycles. The van der Waals surface area contributed by atoms with Crippen LogP contribution in [0.3, 0.4) is 0 Å². The maximum Gasteiger partial charge on any atom is 0.264 e. The third-order valence-electron chi connectivity index (χ3n) is 4.56. The number of carbonyl (C=O) groups excluding carboxylic acids is 1. The minimum Gasteiger partial charge on any atom is -0.314 e. The van der Waals surface area contributed by atoms with E-state index in [-0.39, 0.29) is 17.3 Å². The normalized spacial score (nSPS) is 11.1. The van der Waals surface area contributed by atoms with Crippen LogP contribution in [0.2, 0.25) is 5.02 Å². The number of rotatable bonds is 6. The molecule has 1 amide bonds. The van der Waals surface area contributed by atoms with Gasteiger partial charge in [0.05, 0.1) is 10.6 Å². The molecule has 29 heavy (non-hydrogen) atoms. The Morgan fingerprint density at radius 2 is 1.52 bits per heavy atom. The Kier molecular flexibility index (Phi) is 6.25.